The Balaban J connectivity index is 1.99. The molecule has 0 saturated carbocycles. The highest BCUT2D eigenvalue weighted by Gasteiger charge is 2.31. The third kappa shape index (κ3) is 3.00. The van der Waals surface area contributed by atoms with Crippen LogP contribution in [0.4, 0.5) is 21.5 Å². The highest BCUT2D eigenvalue weighted by molar-refractivity contribution is 7.81. The van der Waals surface area contributed by atoms with E-state index in [1.165, 1.54) is 36.1 Å². The van der Waals surface area contributed by atoms with E-state index in [-0.39, 0.29) is 17.6 Å². The highest BCUT2D eigenvalue weighted by atomic mass is 32.1. The van der Waals surface area contributed by atoms with Crippen LogP contribution in [-0.2, 0) is 4.79 Å². The number of nitrogens with zero attached hydrogens (tertiary/aromatic N) is 1. The number of thiol groups is 1. The minimum Gasteiger partial charge on any atom is -0.356 e. The molecular weight excluding hydrogens is 317 g/mol. The number of fused-ring (bicyclic) bond motifs is 1. The second kappa shape index (κ2) is 5.92. The lowest BCUT2D eigenvalue weighted by Crippen LogP contribution is -2.46. The maximum absolute atomic E-state index is 13.1. The van der Waals surface area contributed by atoms with Gasteiger partial charge in [0.15, 0.2) is 5.50 Å². The molecule has 118 valence electrons. The van der Waals surface area contributed by atoms with Gasteiger partial charge in [-0.15, -0.1) is 12.6 Å². The van der Waals surface area contributed by atoms with Crippen LogP contribution in [0.3, 0.4) is 0 Å². The lowest BCUT2D eigenvalue weighted by atomic mass is 10.1. The van der Waals surface area contributed by atoms with Crippen molar-refractivity contribution in [3.8, 4) is 0 Å². The van der Waals surface area contributed by atoms with Crippen LogP contribution in [0.2, 0.25) is 0 Å². The molecule has 3 rings (SSSR count). The van der Waals surface area contributed by atoms with Gasteiger partial charge in [-0.2, -0.15) is 0 Å². The molecule has 1 aliphatic heterocycles. The van der Waals surface area contributed by atoms with E-state index in [1.807, 2.05) is 0 Å². The monoisotopic (exact) mass is 331 g/mol. The number of carbonyl (C=O) groups excluding carboxylic acids is 2. The summed E-state index contributed by atoms with van der Waals surface area (Å²) >= 11 is 4.39. The summed E-state index contributed by atoms with van der Waals surface area (Å²) in [6.45, 7) is 1.40. The van der Waals surface area contributed by atoms with Crippen molar-refractivity contribution in [3.63, 3.8) is 0 Å². The molecule has 0 spiro atoms. The molecule has 1 atom stereocenters. The molecular formula is C16H14FN3O2S. The lowest BCUT2D eigenvalue weighted by Gasteiger charge is -2.35. The molecule has 0 saturated heterocycles. The molecule has 2 N–H and O–H groups in total. The van der Waals surface area contributed by atoms with Gasteiger partial charge in [0.1, 0.15) is 5.82 Å². The zero-order valence-corrected chi connectivity index (χ0v) is 13.1. The van der Waals surface area contributed by atoms with E-state index in [0.717, 1.165) is 0 Å². The first kappa shape index (κ1) is 15.4. The average molecular weight is 331 g/mol. The van der Waals surface area contributed by atoms with Crippen LogP contribution < -0.4 is 15.5 Å². The Kier molecular flexibility index (Phi) is 3.96. The van der Waals surface area contributed by atoms with Crippen molar-refractivity contribution in [2.24, 2.45) is 0 Å². The number of hydrogen-bond donors (Lipinski definition) is 3. The van der Waals surface area contributed by atoms with Crippen LogP contribution in [0.15, 0.2) is 42.5 Å². The summed E-state index contributed by atoms with van der Waals surface area (Å²) in [6, 6.07) is 10.6. The van der Waals surface area contributed by atoms with Crippen LogP contribution in [0, 0.1) is 5.82 Å². The molecule has 23 heavy (non-hydrogen) atoms. The molecule has 0 aromatic heterocycles. The SMILES string of the molecule is CC(=O)Nc1ccc2c(c1)C(=O)N(c1ccc(F)cc1)C(S)N2. The third-order valence-corrected chi connectivity index (χ3v) is 3.78. The molecule has 1 aliphatic rings. The normalized spacial score (nSPS) is 16.6. The largest absolute Gasteiger partial charge is 0.356 e. The predicted octanol–water partition coefficient (Wildman–Crippen LogP) is 3.07. The molecule has 2 aromatic rings. The first-order chi connectivity index (χ1) is 11.0. The van der Waals surface area contributed by atoms with Crippen LogP contribution >= 0.6 is 12.6 Å². The average Bonchev–Trinajstić information content (AvgIpc) is 2.49. The van der Waals surface area contributed by atoms with Gasteiger partial charge in [-0.05, 0) is 42.5 Å². The number of benzene rings is 2. The fourth-order valence-electron chi connectivity index (χ4n) is 2.43. The van der Waals surface area contributed by atoms with Crippen LogP contribution in [0.25, 0.3) is 0 Å². The van der Waals surface area contributed by atoms with Crippen molar-refractivity contribution in [3.05, 3.63) is 53.8 Å². The number of hydrogen-bond acceptors (Lipinski definition) is 4. The molecule has 2 amide bonds. The van der Waals surface area contributed by atoms with E-state index in [1.54, 1.807) is 18.2 Å². The number of halogens is 1. The fraction of sp³-hybridized carbons (Fsp3) is 0.125. The van der Waals surface area contributed by atoms with E-state index in [4.69, 9.17) is 0 Å². The van der Waals surface area contributed by atoms with Crippen LogP contribution in [0.1, 0.15) is 17.3 Å². The standard InChI is InChI=1S/C16H14FN3O2S/c1-9(21)18-11-4-7-14-13(8-11)15(22)20(16(23)19-14)12-5-2-10(17)3-6-12/h2-8,16,19,23H,1H3,(H,18,21). The Morgan fingerprint density at radius 1 is 1.26 bits per heavy atom. The first-order valence-corrected chi connectivity index (χ1v) is 7.43. The van der Waals surface area contributed by atoms with E-state index in [9.17, 15) is 14.0 Å². The van der Waals surface area contributed by atoms with Gasteiger partial charge in [0.25, 0.3) is 5.91 Å². The zero-order chi connectivity index (χ0) is 16.6. The van der Waals surface area contributed by atoms with E-state index in [2.05, 4.69) is 23.3 Å². The highest BCUT2D eigenvalue weighted by Crippen LogP contribution is 2.32. The Morgan fingerprint density at radius 3 is 2.61 bits per heavy atom. The third-order valence-electron chi connectivity index (χ3n) is 3.42. The predicted molar refractivity (Wildman–Crippen MR) is 90.4 cm³/mol. The maximum atomic E-state index is 13.1. The van der Waals surface area contributed by atoms with Crippen molar-refractivity contribution >= 4 is 41.5 Å². The second-order valence-electron chi connectivity index (χ2n) is 5.11. The van der Waals surface area contributed by atoms with Crippen molar-refractivity contribution < 1.29 is 14.0 Å². The Bertz CT molecular complexity index is 779. The fourth-order valence-corrected chi connectivity index (χ4v) is 2.81. The Morgan fingerprint density at radius 2 is 1.96 bits per heavy atom. The minimum atomic E-state index is -0.577. The lowest BCUT2D eigenvalue weighted by molar-refractivity contribution is -0.114. The molecule has 7 heteroatoms. The van der Waals surface area contributed by atoms with Gasteiger partial charge < -0.3 is 10.6 Å². The quantitative estimate of drug-likeness (QED) is 0.741. The van der Waals surface area contributed by atoms with E-state index >= 15 is 0 Å². The van der Waals surface area contributed by atoms with Gasteiger partial charge in [-0.3, -0.25) is 14.5 Å². The molecule has 2 aromatic carbocycles. The van der Waals surface area contributed by atoms with E-state index in [0.29, 0.717) is 22.6 Å². The molecule has 0 radical (unpaired) electrons. The number of rotatable bonds is 2. The molecule has 5 nitrogen and oxygen atoms in total. The summed E-state index contributed by atoms with van der Waals surface area (Å²) in [4.78, 5) is 25.4. The number of anilines is 3. The van der Waals surface area contributed by atoms with Crippen molar-refractivity contribution in [2.75, 3.05) is 15.5 Å². The number of amides is 2. The Hall–Kier alpha value is -2.54. The Labute approximate surface area is 137 Å². The van der Waals surface area contributed by atoms with Crippen molar-refractivity contribution in [1.82, 2.24) is 0 Å². The molecule has 0 fully saturated rings. The second-order valence-corrected chi connectivity index (χ2v) is 5.60. The van der Waals surface area contributed by atoms with Crippen LogP contribution in [-0.4, -0.2) is 17.3 Å². The van der Waals surface area contributed by atoms with Gasteiger partial charge in [0, 0.05) is 24.0 Å². The van der Waals surface area contributed by atoms with Gasteiger partial charge >= 0.3 is 0 Å². The van der Waals surface area contributed by atoms with Gasteiger partial charge in [0.05, 0.1) is 5.56 Å². The summed E-state index contributed by atoms with van der Waals surface area (Å²) in [5.74, 6) is -0.878. The minimum absolute atomic E-state index is 0.219. The smallest absolute Gasteiger partial charge is 0.262 e. The number of nitrogens with one attached hydrogen (secondary N) is 2. The zero-order valence-electron chi connectivity index (χ0n) is 12.2. The van der Waals surface area contributed by atoms with Gasteiger partial charge in [-0.25, -0.2) is 4.39 Å². The molecule has 0 bridgehead atoms. The molecule has 1 unspecified atom stereocenters. The first-order valence-electron chi connectivity index (χ1n) is 6.91. The summed E-state index contributed by atoms with van der Waals surface area (Å²) in [5, 5.41) is 5.74. The summed E-state index contributed by atoms with van der Waals surface area (Å²) < 4.78 is 13.1. The van der Waals surface area contributed by atoms with E-state index < -0.39 is 5.50 Å². The summed E-state index contributed by atoms with van der Waals surface area (Å²) in [6.07, 6.45) is 0. The van der Waals surface area contributed by atoms with Gasteiger partial charge in [0.2, 0.25) is 5.91 Å². The maximum Gasteiger partial charge on any atom is 0.262 e. The number of carbonyl (C=O) groups is 2. The molecule has 0 aliphatic carbocycles. The van der Waals surface area contributed by atoms with Crippen LogP contribution in [0.5, 0.6) is 0 Å². The summed E-state index contributed by atoms with van der Waals surface area (Å²) in [7, 11) is 0. The van der Waals surface area contributed by atoms with Gasteiger partial charge in [-0.1, -0.05) is 0 Å². The summed E-state index contributed by atoms with van der Waals surface area (Å²) in [5.41, 5.74) is 1.52. The van der Waals surface area contributed by atoms with Crippen molar-refractivity contribution in [2.45, 2.75) is 12.4 Å². The topological polar surface area (TPSA) is 61.4 Å². The van der Waals surface area contributed by atoms with Crippen molar-refractivity contribution in [1.29, 1.82) is 0 Å². The molecule has 1 heterocycles.